The summed E-state index contributed by atoms with van der Waals surface area (Å²) >= 11 is 0. The molecule has 3 heterocycles. The lowest BCUT2D eigenvalue weighted by molar-refractivity contribution is -0.140. The number of amides is 2. The Morgan fingerprint density at radius 2 is 1.68 bits per heavy atom. The van der Waals surface area contributed by atoms with Gasteiger partial charge in [0.15, 0.2) is 0 Å². The largest absolute Gasteiger partial charge is 0.494 e. The molecule has 38 heavy (non-hydrogen) atoms. The Balaban J connectivity index is 1.67. The molecule has 0 bridgehead atoms. The Hall–Kier alpha value is -3.87. The number of oxazole rings is 1. The third-order valence-electron chi connectivity index (χ3n) is 6.00. The van der Waals surface area contributed by atoms with Crippen LogP contribution in [0.2, 0.25) is 0 Å². The van der Waals surface area contributed by atoms with E-state index in [1.54, 1.807) is 26.8 Å². The van der Waals surface area contributed by atoms with Gasteiger partial charge in [0.2, 0.25) is 11.7 Å². The summed E-state index contributed by atoms with van der Waals surface area (Å²) in [6.07, 6.45) is -5.35. The molecule has 2 aromatic heterocycles. The highest BCUT2D eigenvalue weighted by Crippen LogP contribution is 2.37. The van der Waals surface area contributed by atoms with E-state index in [4.69, 9.17) is 19.6 Å². The molecule has 0 unspecified atom stereocenters. The third-order valence-corrected chi connectivity index (χ3v) is 6.00. The Bertz CT molecular complexity index is 1350. The number of piperazine rings is 1. The first-order valence-corrected chi connectivity index (χ1v) is 12.0. The predicted molar refractivity (Wildman–Crippen MR) is 130 cm³/mol. The van der Waals surface area contributed by atoms with Gasteiger partial charge >= 0.3 is 12.3 Å². The van der Waals surface area contributed by atoms with Gasteiger partial charge in [-0.05, 0) is 45.0 Å². The van der Waals surface area contributed by atoms with Gasteiger partial charge < -0.3 is 29.4 Å². The van der Waals surface area contributed by atoms with E-state index in [2.05, 4.69) is 9.97 Å². The van der Waals surface area contributed by atoms with Gasteiger partial charge in [-0.25, -0.2) is 14.8 Å². The van der Waals surface area contributed by atoms with Crippen molar-refractivity contribution >= 4 is 22.9 Å². The number of aromatic nitrogens is 2. The van der Waals surface area contributed by atoms with E-state index in [1.165, 1.54) is 29.0 Å². The molecule has 1 aliphatic rings. The van der Waals surface area contributed by atoms with Crippen LogP contribution in [-0.2, 0) is 10.9 Å². The normalized spacial score (nSPS) is 15.2. The molecule has 2 amide bonds. The highest BCUT2D eigenvalue weighted by molar-refractivity contribution is 5.98. The summed E-state index contributed by atoms with van der Waals surface area (Å²) in [6.45, 7) is 6.20. The lowest BCUT2D eigenvalue weighted by atomic mass is 10.1. The Kier molecular flexibility index (Phi) is 7.49. The van der Waals surface area contributed by atoms with E-state index in [-0.39, 0.29) is 60.9 Å². The molecule has 0 aliphatic carbocycles. The molecule has 1 aromatic carbocycles. The minimum absolute atomic E-state index is 0.00834. The van der Waals surface area contributed by atoms with Crippen LogP contribution in [0.15, 0.2) is 28.7 Å². The molecule has 13 heteroatoms. The fraction of sp³-hybridized carbons (Fsp3) is 0.440. The average molecular weight is 536 g/mol. The fourth-order valence-corrected chi connectivity index (χ4v) is 4.12. The van der Waals surface area contributed by atoms with E-state index >= 15 is 0 Å². The number of alkyl halides is 3. The maximum atomic E-state index is 13.4. The van der Waals surface area contributed by atoms with Crippen LogP contribution in [-0.4, -0.2) is 71.2 Å². The molecule has 1 aliphatic heterocycles. The van der Waals surface area contributed by atoms with E-state index in [9.17, 15) is 22.8 Å². The van der Waals surface area contributed by atoms with Crippen molar-refractivity contribution in [3.63, 3.8) is 0 Å². The van der Waals surface area contributed by atoms with Crippen molar-refractivity contribution in [1.82, 2.24) is 19.8 Å². The Labute approximate surface area is 216 Å². The van der Waals surface area contributed by atoms with Crippen molar-refractivity contribution in [2.24, 2.45) is 5.73 Å². The van der Waals surface area contributed by atoms with E-state index in [1.807, 2.05) is 0 Å². The van der Waals surface area contributed by atoms with Crippen LogP contribution < -0.4 is 10.5 Å². The summed E-state index contributed by atoms with van der Waals surface area (Å²) < 4.78 is 56.2. The molecule has 4 rings (SSSR count). The first kappa shape index (κ1) is 27.2. The number of carbonyl (C=O) groups is 2. The molecule has 204 valence electrons. The lowest BCUT2D eigenvalue weighted by Gasteiger charge is -2.34. The molecule has 10 nitrogen and oxygen atoms in total. The first-order valence-electron chi connectivity index (χ1n) is 12.0. The average Bonchev–Trinajstić information content (AvgIpc) is 3.32. The van der Waals surface area contributed by atoms with Gasteiger partial charge in [0.25, 0.3) is 5.91 Å². The number of nitrogens with two attached hydrogens (primary N) is 1. The number of halogens is 3. The first-order chi connectivity index (χ1) is 17.9. The van der Waals surface area contributed by atoms with Gasteiger partial charge in [0.1, 0.15) is 22.7 Å². The fourth-order valence-electron chi connectivity index (χ4n) is 4.12. The minimum atomic E-state index is -4.64. The van der Waals surface area contributed by atoms with Crippen LogP contribution in [0.3, 0.4) is 0 Å². The molecule has 0 spiro atoms. The van der Waals surface area contributed by atoms with Crippen molar-refractivity contribution in [2.45, 2.75) is 39.1 Å². The van der Waals surface area contributed by atoms with Crippen LogP contribution in [0.4, 0.5) is 18.0 Å². The highest BCUT2D eigenvalue weighted by Gasteiger charge is 2.34. The highest BCUT2D eigenvalue weighted by atomic mass is 19.4. The van der Waals surface area contributed by atoms with Gasteiger partial charge in [-0.2, -0.15) is 13.2 Å². The second kappa shape index (κ2) is 10.5. The van der Waals surface area contributed by atoms with Gasteiger partial charge in [-0.3, -0.25) is 4.79 Å². The molecule has 3 aromatic rings. The molecular weight excluding hydrogens is 507 g/mol. The molecule has 0 radical (unpaired) electrons. The van der Waals surface area contributed by atoms with Crippen LogP contribution in [0.5, 0.6) is 5.75 Å². The van der Waals surface area contributed by atoms with Crippen molar-refractivity contribution in [2.75, 3.05) is 33.3 Å². The Morgan fingerprint density at radius 1 is 1.03 bits per heavy atom. The second-order valence-electron chi connectivity index (χ2n) is 9.14. The lowest BCUT2D eigenvalue weighted by Crippen LogP contribution is -2.51. The van der Waals surface area contributed by atoms with Crippen molar-refractivity contribution in [1.29, 1.82) is 0 Å². The van der Waals surface area contributed by atoms with Gasteiger partial charge in [0, 0.05) is 43.2 Å². The molecule has 1 saturated heterocycles. The molecule has 1 atom stereocenters. The number of hydrogen-bond donors (Lipinski definition) is 1. The summed E-state index contributed by atoms with van der Waals surface area (Å²) in [5, 5.41) is 0.297. The topological polar surface area (TPSA) is 124 Å². The third kappa shape index (κ3) is 5.37. The number of fused-ring (bicyclic) bond motifs is 1. The van der Waals surface area contributed by atoms with Crippen LogP contribution in [0.1, 0.15) is 48.8 Å². The maximum absolute atomic E-state index is 13.4. The standard InChI is InChI=1S/C25H28F3N5O5/c1-13(2)37-24(35)33-11-9-32(10-12-33)23(34)21-19(14(3)29)31-22(38-21)16-5-7-17(36-4)20-15(16)6-8-18(30-20)25(26,27)28/h5-8,13-14H,9-12,29H2,1-4H3/t14-/m0/s1. The summed E-state index contributed by atoms with van der Waals surface area (Å²) in [6, 6.07) is 4.47. The van der Waals surface area contributed by atoms with Crippen molar-refractivity contribution < 1.29 is 36.7 Å². The number of ether oxygens (including phenoxy) is 2. The van der Waals surface area contributed by atoms with Gasteiger partial charge in [0.05, 0.1) is 13.2 Å². The number of nitrogens with zero attached hydrogens (tertiary/aromatic N) is 4. The number of rotatable bonds is 5. The van der Waals surface area contributed by atoms with Crippen molar-refractivity contribution in [3.8, 4) is 17.2 Å². The van der Waals surface area contributed by atoms with Crippen LogP contribution in [0.25, 0.3) is 22.4 Å². The smallest absolute Gasteiger partial charge is 0.433 e. The van der Waals surface area contributed by atoms with Crippen molar-refractivity contribution in [3.05, 3.63) is 41.4 Å². The monoisotopic (exact) mass is 535 g/mol. The number of methoxy groups -OCH3 is 1. The second-order valence-corrected chi connectivity index (χ2v) is 9.14. The number of pyridine rings is 1. The number of hydrogen-bond acceptors (Lipinski definition) is 8. The molecule has 0 saturated carbocycles. The van der Waals surface area contributed by atoms with Crippen LogP contribution >= 0.6 is 0 Å². The summed E-state index contributed by atoms with van der Waals surface area (Å²) in [4.78, 5) is 36.8. The van der Waals surface area contributed by atoms with E-state index in [0.29, 0.717) is 10.9 Å². The molecular formula is C25H28F3N5O5. The Morgan fingerprint density at radius 3 is 2.26 bits per heavy atom. The zero-order valence-corrected chi connectivity index (χ0v) is 21.3. The number of benzene rings is 1. The van der Waals surface area contributed by atoms with Gasteiger partial charge in [-0.15, -0.1) is 0 Å². The number of carbonyl (C=O) groups excluding carboxylic acids is 2. The van der Waals surface area contributed by atoms with E-state index < -0.39 is 29.9 Å². The SMILES string of the molecule is COc1ccc(-c2nc([C@H](C)N)c(C(=O)N3CCN(C(=O)OC(C)C)CC3)o2)c2ccc(C(F)(F)F)nc12. The van der Waals surface area contributed by atoms with Gasteiger partial charge in [-0.1, -0.05) is 0 Å². The summed E-state index contributed by atoms with van der Waals surface area (Å²) in [7, 11) is 1.33. The molecule has 2 N–H and O–H groups in total. The van der Waals surface area contributed by atoms with E-state index in [0.717, 1.165) is 6.07 Å². The maximum Gasteiger partial charge on any atom is 0.433 e. The van der Waals surface area contributed by atoms with Crippen LogP contribution in [0, 0.1) is 0 Å². The zero-order chi connectivity index (χ0) is 27.8. The predicted octanol–water partition coefficient (Wildman–Crippen LogP) is 4.24. The summed E-state index contributed by atoms with van der Waals surface area (Å²) in [5.74, 6) is -0.381. The summed E-state index contributed by atoms with van der Waals surface area (Å²) in [5.41, 5.74) is 5.51. The molecule has 1 fully saturated rings. The quantitative estimate of drug-likeness (QED) is 0.515. The zero-order valence-electron chi connectivity index (χ0n) is 21.3. The minimum Gasteiger partial charge on any atom is -0.494 e.